The quantitative estimate of drug-likeness (QED) is 0.133. The number of aliphatic hydroxyl groups is 2. The molecule has 3 fully saturated rings. The normalized spacial score (nSPS) is 37.9. The molecule has 1 aromatic heterocycles. The van der Waals surface area contributed by atoms with Gasteiger partial charge < -0.3 is 48.8 Å². The molecule has 5 aliphatic heterocycles. The molecular weight excluding hydrogens is 753 g/mol. The van der Waals surface area contributed by atoms with Crippen LogP contribution in [-0.4, -0.2) is 124 Å². The number of H-pyrrole nitrogens is 1. The zero-order valence-corrected chi connectivity index (χ0v) is 35.4. The third kappa shape index (κ3) is 5.20. The topological polar surface area (TPSA) is 156 Å². The second-order valence-electron chi connectivity index (χ2n) is 18.5. The first-order chi connectivity index (χ1) is 28.2. The molecule has 316 valence electrons. The van der Waals surface area contributed by atoms with Crippen molar-refractivity contribution in [2.24, 2.45) is 11.3 Å². The number of carbonyl (C=O) groups is 3. The van der Waals surface area contributed by atoms with Crippen molar-refractivity contribution in [2.75, 3.05) is 66.0 Å². The number of carbonyl (C=O) groups excluding carboxylic acids is 3. The predicted octanol–water partition coefficient (Wildman–Crippen LogP) is 1.16. The van der Waals surface area contributed by atoms with Crippen molar-refractivity contribution in [1.29, 1.82) is 0 Å². The number of nitrogens with zero attached hydrogens (tertiary/aromatic N) is 1. The Morgan fingerprint density at radius 1 is 0.983 bits per heavy atom. The van der Waals surface area contributed by atoms with Crippen LogP contribution in [0.2, 0.25) is 0 Å². The Morgan fingerprint density at radius 3 is 2.44 bits per heavy atom. The van der Waals surface area contributed by atoms with Crippen molar-refractivity contribution in [1.82, 2.24) is 4.98 Å². The molecule has 6 heterocycles. The second kappa shape index (κ2) is 13.8. The van der Waals surface area contributed by atoms with E-state index in [4.69, 9.17) is 18.9 Å². The van der Waals surface area contributed by atoms with Gasteiger partial charge in [-0.1, -0.05) is 38.1 Å². The molecule has 2 saturated heterocycles. The number of para-hydroxylation sites is 1. The van der Waals surface area contributed by atoms with Crippen LogP contribution in [0.5, 0.6) is 5.75 Å². The van der Waals surface area contributed by atoms with E-state index in [0.29, 0.717) is 56.4 Å². The number of anilines is 1. The highest BCUT2D eigenvalue weighted by Crippen LogP contribution is 2.65. The maximum absolute atomic E-state index is 15.3. The minimum atomic E-state index is -2.29. The van der Waals surface area contributed by atoms with Crippen LogP contribution in [0.3, 0.4) is 0 Å². The number of quaternary nitrogens is 2. The smallest absolute Gasteiger partial charge is 0.344 e. The van der Waals surface area contributed by atoms with Gasteiger partial charge in [0, 0.05) is 66.6 Å². The van der Waals surface area contributed by atoms with E-state index in [1.165, 1.54) is 30.9 Å². The van der Waals surface area contributed by atoms with Crippen LogP contribution < -0.4 is 19.4 Å². The number of likely N-dealkylation sites (N-methyl/N-ethyl adjacent to an activating group) is 1. The molecule has 59 heavy (non-hydrogen) atoms. The molecule has 5 N–H and O–H groups in total. The average Bonchev–Trinajstić information content (AvgIpc) is 3.90. The monoisotopic (exact) mass is 812 g/mol. The molecule has 1 saturated carbocycles. The fourth-order valence-corrected chi connectivity index (χ4v) is 13.9. The molecule has 0 radical (unpaired) electrons. The van der Waals surface area contributed by atoms with Crippen LogP contribution in [0.25, 0.3) is 10.9 Å². The van der Waals surface area contributed by atoms with Gasteiger partial charge in [0.25, 0.3) is 0 Å². The van der Waals surface area contributed by atoms with Crippen LogP contribution in [0.4, 0.5) is 5.69 Å². The molecule has 11 atom stereocenters. The first-order valence-corrected chi connectivity index (χ1v) is 21.4. The number of hydrogen-bond donors (Lipinski definition) is 5. The summed E-state index contributed by atoms with van der Waals surface area (Å²) >= 11 is 0. The lowest BCUT2D eigenvalue weighted by atomic mass is 9.47. The fourth-order valence-electron chi connectivity index (χ4n) is 13.9. The molecule has 2 aromatic carbocycles. The number of hydrogen-bond acceptors (Lipinski definition) is 10. The second-order valence-corrected chi connectivity index (χ2v) is 18.5. The molecule has 1 aliphatic carbocycles. The van der Waals surface area contributed by atoms with Gasteiger partial charge in [-0.25, -0.2) is 4.79 Å². The predicted molar refractivity (Wildman–Crippen MR) is 219 cm³/mol. The maximum atomic E-state index is 15.3. The summed E-state index contributed by atoms with van der Waals surface area (Å²) in [5, 5.41) is 26.4. The Kier molecular flexibility index (Phi) is 9.36. The van der Waals surface area contributed by atoms with Gasteiger partial charge in [0.1, 0.15) is 29.4 Å². The summed E-state index contributed by atoms with van der Waals surface area (Å²) in [7, 11) is 6.19. The highest BCUT2D eigenvalue weighted by atomic mass is 16.6. The number of esters is 3. The fraction of sp³-hybridized carbons (Fsp3) is 0.587. The van der Waals surface area contributed by atoms with Gasteiger partial charge in [0.15, 0.2) is 6.10 Å². The third-order valence-corrected chi connectivity index (χ3v) is 16.0. The Balaban J connectivity index is 1.36. The molecular formula is C46H60N4O9+2. The molecule has 3 aromatic rings. The van der Waals surface area contributed by atoms with Crippen molar-refractivity contribution in [3.63, 3.8) is 0 Å². The number of benzene rings is 2. The molecule has 9 rings (SSSR count). The highest BCUT2D eigenvalue weighted by Gasteiger charge is 2.82. The largest absolute Gasteiger partial charge is 0.496 e. The number of aromatic amines is 1. The Hall–Kier alpha value is -4.43. The van der Waals surface area contributed by atoms with E-state index < -0.39 is 57.5 Å². The number of rotatable bonds is 7. The first-order valence-electron chi connectivity index (χ1n) is 21.4. The zero-order valence-electron chi connectivity index (χ0n) is 35.4. The van der Waals surface area contributed by atoms with E-state index in [-0.39, 0.29) is 12.0 Å². The molecule has 2 unspecified atom stereocenters. The van der Waals surface area contributed by atoms with E-state index in [2.05, 4.69) is 29.3 Å². The maximum Gasteiger partial charge on any atom is 0.344 e. The van der Waals surface area contributed by atoms with Gasteiger partial charge in [-0.2, -0.15) is 0 Å². The summed E-state index contributed by atoms with van der Waals surface area (Å²) in [5.41, 5.74) is -1.35. The summed E-state index contributed by atoms with van der Waals surface area (Å²) in [6.45, 7) is 9.09. The number of fused-ring (bicyclic) bond motifs is 6. The van der Waals surface area contributed by atoms with Crippen LogP contribution in [-0.2, 0) is 45.8 Å². The average molecular weight is 813 g/mol. The van der Waals surface area contributed by atoms with Crippen molar-refractivity contribution >= 4 is 34.5 Å². The third-order valence-electron chi connectivity index (χ3n) is 16.0. The van der Waals surface area contributed by atoms with E-state index in [1.54, 1.807) is 7.11 Å². The summed E-state index contributed by atoms with van der Waals surface area (Å²) in [6, 6.07) is 11.1. The number of methoxy groups -OCH3 is 3. The molecule has 13 heteroatoms. The van der Waals surface area contributed by atoms with Crippen LogP contribution >= 0.6 is 0 Å². The van der Waals surface area contributed by atoms with Crippen molar-refractivity contribution < 1.29 is 53.3 Å². The lowest BCUT2D eigenvalue weighted by Gasteiger charge is -2.61. The van der Waals surface area contributed by atoms with Crippen molar-refractivity contribution in [3.8, 4) is 5.75 Å². The Bertz CT molecular complexity index is 2260. The SMILES string of the molecule is CC[C@]1(O)C[C@H]2C[NH+](CCc3c([nH]c4ccccc34)[C@@](C(=O)OC)(c3cc4c(cc3OC)N(C)[C@H]3[C@@](O)(C(=O)OC)[C@H](OC(C)=O)[C@]5(CC)C=CC[NH+]6CC[C@]43[C@@H]65)C2)C1. The molecule has 13 nitrogen and oxygen atoms in total. The zero-order chi connectivity index (χ0) is 41.9. The molecule has 2 bridgehead atoms. The van der Waals surface area contributed by atoms with E-state index in [9.17, 15) is 19.8 Å². The summed E-state index contributed by atoms with van der Waals surface area (Å²) in [6.07, 6.45) is 6.21. The number of aromatic nitrogens is 1. The van der Waals surface area contributed by atoms with Gasteiger partial charge >= 0.3 is 17.9 Å². The van der Waals surface area contributed by atoms with E-state index in [0.717, 1.165) is 59.6 Å². The number of nitrogens with one attached hydrogen (secondary N) is 3. The Labute approximate surface area is 345 Å². The molecule has 1 spiro atoms. The minimum absolute atomic E-state index is 0.0575. The minimum Gasteiger partial charge on any atom is -0.496 e. The summed E-state index contributed by atoms with van der Waals surface area (Å²) in [5.74, 6) is -1.47. The summed E-state index contributed by atoms with van der Waals surface area (Å²) < 4.78 is 24.0. The molecule has 0 amide bonds. The van der Waals surface area contributed by atoms with Gasteiger partial charge in [-0.05, 0) is 55.0 Å². The standard InChI is InChI=1S/C46H58N4O9/c1-8-42(54)23-28-24-45(40(52)57-6,36-30(15-19-49(25-28)26-42)29-13-10-11-14-33(29)47-36)32-21-31-34(22-35(32)56-5)48(4)38-44(31)17-20-50-18-12-16-43(9-2,37(44)50)39(59-27(3)51)46(38,55)41(53)58-7/h10-14,16,21-22,28,37-39,47,54-55H,8-9,15,17-20,23-26H2,1-7H3/p+2/t28-,37+,38-,39-,42+,43-,44-,45+,46+/m1/s1. The summed E-state index contributed by atoms with van der Waals surface area (Å²) in [4.78, 5) is 51.1. The van der Waals surface area contributed by atoms with Gasteiger partial charge in [-0.15, -0.1) is 0 Å². The number of ether oxygens (including phenoxy) is 4. The van der Waals surface area contributed by atoms with Crippen molar-refractivity contribution in [2.45, 2.75) is 99.5 Å². The van der Waals surface area contributed by atoms with Gasteiger partial charge in [0.2, 0.25) is 5.60 Å². The van der Waals surface area contributed by atoms with Crippen LogP contribution in [0, 0.1) is 11.3 Å². The van der Waals surface area contributed by atoms with Crippen LogP contribution in [0.15, 0.2) is 48.6 Å². The lowest BCUT2D eigenvalue weighted by molar-refractivity contribution is -0.920. The van der Waals surface area contributed by atoms with Gasteiger partial charge in [-0.3, -0.25) is 9.59 Å². The van der Waals surface area contributed by atoms with Gasteiger partial charge in [0.05, 0.1) is 64.4 Å². The highest BCUT2D eigenvalue weighted by molar-refractivity contribution is 5.95. The van der Waals surface area contributed by atoms with Crippen LogP contribution in [0.1, 0.15) is 75.3 Å². The lowest BCUT2D eigenvalue weighted by Crippen LogP contribution is -3.18. The number of piperidine rings is 1. The van der Waals surface area contributed by atoms with Crippen molar-refractivity contribution in [3.05, 3.63) is 70.9 Å². The van der Waals surface area contributed by atoms with E-state index >= 15 is 4.79 Å². The first kappa shape index (κ1) is 40.0. The Morgan fingerprint density at radius 2 is 1.75 bits per heavy atom. The van der Waals surface area contributed by atoms with E-state index in [1.807, 2.05) is 50.1 Å². The molecule has 6 aliphatic rings.